The topological polar surface area (TPSA) is 24.9 Å². The fourth-order valence-electron chi connectivity index (χ4n) is 2.36. The number of hydrogen-bond donors (Lipinski definition) is 1. The largest absolute Gasteiger partial charge is 0.384 e. The summed E-state index contributed by atoms with van der Waals surface area (Å²) in [5.74, 6) is 0.450. The average Bonchev–Trinajstić information content (AvgIpc) is 2.39. The number of rotatable bonds is 4. The van der Waals surface area contributed by atoms with E-state index in [1.807, 2.05) is 0 Å². The molecular weight excluding hydrogens is 232 g/mol. The second kappa shape index (κ2) is 5.60. The summed E-state index contributed by atoms with van der Waals surface area (Å²) in [5.41, 5.74) is 6.09. The molecule has 0 saturated carbocycles. The normalized spacial score (nSPS) is 11.3. The van der Waals surface area contributed by atoms with Crippen LogP contribution in [0.25, 0.3) is 10.9 Å². The standard InChI is InChI=1S/C17H24N2/c1-6-9-18-15-10-14(11(2)3)19-17-13(5)8-7-12(4)16(15)17/h7-8,10-11H,6,9H2,1-5H3,(H,18,19). The highest BCUT2D eigenvalue weighted by atomic mass is 14.9. The molecule has 19 heavy (non-hydrogen) atoms. The summed E-state index contributed by atoms with van der Waals surface area (Å²) in [6.45, 7) is 11.9. The Kier molecular flexibility index (Phi) is 4.08. The molecule has 0 fully saturated rings. The molecule has 2 aromatic rings. The van der Waals surface area contributed by atoms with Gasteiger partial charge in [0.2, 0.25) is 0 Å². The number of fused-ring (bicyclic) bond motifs is 1. The first-order chi connectivity index (χ1) is 9.04. The predicted molar refractivity (Wildman–Crippen MR) is 84.1 cm³/mol. The van der Waals surface area contributed by atoms with Crippen LogP contribution >= 0.6 is 0 Å². The summed E-state index contributed by atoms with van der Waals surface area (Å²) in [5, 5.41) is 4.84. The van der Waals surface area contributed by atoms with Crippen LogP contribution in [0.1, 0.15) is 49.9 Å². The molecule has 0 unspecified atom stereocenters. The molecule has 1 heterocycles. The molecule has 0 aliphatic carbocycles. The van der Waals surface area contributed by atoms with Gasteiger partial charge in [0.05, 0.1) is 5.52 Å². The second-order valence-electron chi connectivity index (χ2n) is 5.60. The van der Waals surface area contributed by atoms with Crippen molar-refractivity contribution in [2.45, 2.75) is 47.0 Å². The van der Waals surface area contributed by atoms with Crippen LogP contribution in [0.2, 0.25) is 0 Å². The zero-order chi connectivity index (χ0) is 14.0. The van der Waals surface area contributed by atoms with Gasteiger partial charge in [0, 0.05) is 23.3 Å². The number of pyridine rings is 1. The van der Waals surface area contributed by atoms with Gasteiger partial charge in [0.25, 0.3) is 0 Å². The molecule has 0 radical (unpaired) electrons. The van der Waals surface area contributed by atoms with Gasteiger partial charge in [0.15, 0.2) is 0 Å². The molecule has 1 N–H and O–H groups in total. The van der Waals surface area contributed by atoms with Gasteiger partial charge in [-0.05, 0) is 43.4 Å². The van der Waals surface area contributed by atoms with Crippen LogP contribution in [-0.2, 0) is 0 Å². The fraction of sp³-hybridized carbons (Fsp3) is 0.471. The van der Waals surface area contributed by atoms with E-state index < -0.39 is 0 Å². The van der Waals surface area contributed by atoms with Crippen molar-refractivity contribution in [2.75, 3.05) is 11.9 Å². The molecule has 0 saturated heterocycles. The van der Waals surface area contributed by atoms with Gasteiger partial charge in [-0.2, -0.15) is 0 Å². The Morgan fingerprint density at radius 3 is 2.47 bits per heavy atom. The fourth-order valence-corrected chi connectivity index (χ4v) is 2.36. The molecule has 0 bridgehead atoms. The second-order valence-corrected chi connectivity index (χ2v) is 5.60. The van der Waals surface area contributed by atoms with Crippen LogP contribution < -0.4 is 5.32 Å². The van der Waals surface area contributed by atoms with Crippen molar-refractivity contribution in [3.63, 3.8) is 0 Å². The van der Waals surface area contributed by atoms with Gasteiger partial charge in [-0.3, -0.25) is 4.98 Å². The summed E-state index contributed by atoms with van der Waals surface area (Å²) in [4.78, 5) is 4.86. The first-order valence-corrected chi connectivity index (χ1v) is 7.19. The van der Waals surface area contributed by atoms with Gasteiger partial charge < -0.3 is 5.32 Å². The number of aryl methyl sites for hydroxylation is 2. The molecule has 2 nitrogen and oxygen atoms in total. The molecule has 0 aliphatic heterocycles. The number of hydrogen-bond acceptors (Lipinski definition) is 2. The van der Waals surface area contributed by atoms with Crippen molar-refractivity contribution in [3.05, 3.63) is 35.0 Å². The number of anilines is 1. The molecule has 1 aromatic carbocycles. The lowest BCUT2D eigenvalue weighted by molar-refractivity contribution is 0.829. The van der Waals surface area contributed by atoms with Gasteiger partial charge in [0.1, 0.15) is 0 Å². The highest BCUT2D eigenvalue weighted by molar-refractivity contribution is 5.96. The molecular formula is C17H24N2. The molecule has 0 spiro atoms. The summed E-state index contributed by atoms with van der Waals surface area (Å²) < 4.78 is 0. The van der Waals surface area contributed by atoms with Gasteiger partial charge in [-0.1, -0.05) is 32.9 Å². The SMILES string of the molecule is CCCNc1cc(C(C)C)nc2c(C)ccc(C)c12. The molecule has 1 aromatic heterocycles. The predicted octanol–water partition coefficient (Wildman–Crippen LogP) is 4.80. The highest BCUT2D eigenvalue weighted by Gasteiger charge is 2.11. The van der Waals surface area contributed by atoms with Crippen molar-refractivity contribution in [2.24, 2.45) is 0 Å². The number of benzene rings is 1. The Labute approximate surface area is 116 Å². The van der Waals surface area contributed by atoms with E-state index in [0.717, 1.165) is 18.5 Å². The zero-order valence-corrected chi connectivity index (χ0v) is 12.7. The lowest BCUT2D eigenvalue weighted by Gasteiger charge is -2.16. The minimum atomic E-state index is 0.450. The summed E-state index contributed by atoms with van der Waals surface area (Å²) >= 11 is 0. The van der Waals surface area contributed by atoms with Crippen molar-refractivity contribution >= 4 is 16.6 Å². The Morgan fingerprint density at radius 2 is 1.84 bits per heavy atom. The quantitative estimate of drug-likeness (QED) is 0.850. The summed E-state index contributed by atoms with van der Waals surface area (Å²) in [6, 6.07) is 6.57. The molecule has 0 aliphatic rings. The highest BCUT2D eigenvalue weighted by Crippen LogP contribution is 2.30. The lowest BCUT2D eigenvalue weighted by atomic mass is 10.0. The average molecular weight is 256 g/mol. The first-order valence-electron chi connectivity index (χ1n) is 7.19. The molecule has 2 heteroatoms. The number of aromatic nitrogens is 1. The third-order valence-corrected chi connectivity index (χ3v) is 3.55. The van der Waals surface area contributed by atoms with E-state index >= 15 is 0 Å². The third-order valence-electron chi connectivity index (χ3n) is 3.55. The van der Waals surface area contributed by atoms with E-state index in [-0.39, 0.29) is 0 Å². The van der Waals surface area contributed by atoms with E-state index in [0.29, 0.717) is 5.92 Å². The van der Waals surface area contributed by atoms with E-state index in [2.05, 4.69) is 58.1 Å². The molecule has 0 atom stereocenters. The lowest BCUT2D eigenvalue weighted by Crippen LogP contribution is -2.05. The van der Waals surface area contributed by atoms with E-state index in [9.17, 15) is 0 Å². The Balaban J connectivity index is 2.70. The maximum atomic E-state index is 4.86. The van der Waals surface area contributed by atoms with Crippen molar-refractivity contribution < 1.29 is 0 Å². The van der Waals surface area contributed by atoms with Gasteiger partial charge in [-0.25, -0.2) is 0 Å². The van der Waals surface area contributed by atoms with Gasteiger partial charge in [-0.15, -0.1) is 0 Å². The van der Waals surface area contributed by atoms with Crippen molar-refractivity contribution in [1.82, 2.24) is 4.98 Å². The van der Waals surface area contributed by atoms with Crippen LogP contribution in [0.15, 0.2) is 18.2 Å². The number of nitrogens with one attached hydrogen (secondary N) is 1. The Hall–Kier alpha value is -1.57. The summed E-state index contributed by atoms with van der Waals surface area (Å²) in [7, 11) is 0. The minimum absolute atomic E-state index is 0.450. The van der Waals surface area contributed by atoms with Crippen molar-refractivity contribution in [3.8, 4) is 0 Å². The third kappa shape index (κ3) is 2.73. The maximum absolute atomic E-state index is 4.86. The molecule has 2 rings (SSSR count). The Morgan fingerprint density at radius 1 is 1.16 bits per heavy atom. The van der Waals surface area contributed by atoms with Gasteiger partial charge >= 0.3 is 0 Å². The Bertz CT molecular complexity index is 585. The van der Waals surface area contributed by atoms with Crippen LogP contribution in [0, 0.1) is 13.8 Å². The summed E-state index contributed by atoms with van der Waals surface area (Å²) in [6.07, 6.45) is 1.13. The van der Waals surface area contributed by atoms with E-state index in [1.54, 1.807) is 0 Å². The monoisotopic (exact) mass is 256 g/mol. The smallest absolute Gasteiger partial charge is 0.0757 e. The number of nitrogens with zero attached hydrogens (tertiary/aromatic N) is 1. The zero-order valence-electron chi connectivity index (χ0n) is 12.7. The maximum Gasteiger partial charge on any atom is 0.0757 e. The van der Waals surface area contributed by atoms with E-state index in [1.165, 1.54) is 27.9 Å². The molecule has 0 amide bonds. The first kappa shape index (κ1) is 13.9. The van der Waals surface area contributed by atoms with Crippen LogP contribution in [-0.4, -0.2) is 11.5 Å². The van der Waals surface area contributed by atoms with Crippen LogP contribution in [0.4, 0.5) is 5.69 Å². The van der Waals surface area contributed by atoms with Crippen molar-refractivity contribution in [1.29, 1.82) is 0 Å². The van der Waals surface area contributed by atoms with Crippen LogP contribution in [0.3, 0.4) is 0 Å². The van der Waals surface area contributed by atoms with Crippen LogP contribution in [0.5, 0.6) is 0 Å². The molecule has 102 valence electrons. The minimum Gasteiger partial charge on any atom is -0.384 e. The van der Waals surface area contributed by atoms with E-state index in [4.69, 9.17) is 4.98 Å².